The van der Waals surface area contributed by atoms with Crippen LogP contribution >= 0.6 is 0 Å². The molecular weight excluding hydrogens is 338 g/mol. The first-order valence-corrected chi connectivity index (χ1v) is 10.0. The first-order chi connectivity index (χ1) is 11.9. The number of carbonyl (C=O) groups excluding carboxylic acids is 1. The molecule has 2 aromatic rings. The van der Waals surface area contributed by atoms with Crippen LogP contribution < -0.4 is 9.64 Å². The zero-order chi connectivity index (χ0) is 17.9. The van der Waals surface area contributed by atoms with Crippen LogP contribution in [0.5, 0.6) is 5.75 Å². The molecule has 6 heteroatoms. The molecule has 0 saturated carbocycles. The normalized spacial score (nSPS) is 18.7. The number of sulfone groups is 1. The van der Waals surface area contributed by atoms with E-state index in [0.29, 0.717) is 17.9 Å². The van der Waals surface area contributed by atoms with Gasteiger partial charge in [-0.25, -0.2) is 8.42 Å². The van der Waals surface area contributed by atoms with Crippen LogP contribution in [0.1, 0.15) is 12.0 Å². The summed E-state index contributed by atoms with van der Waals surface area (Å²) in [6, 6.07) is 16.3. The molecule has 1 atom stereocenters. The maximum absolute atomic E-state index is 12.8. The van der Waals surface area contributed by atoms with Gasteiger partial charge in [0.1, 0.15) is 5.75 Å². The van der Waals surface area contributed by atoms with E-state index in [1.165, 1.54) is 0 Å². The number of hydrogen-bond donors (Lipinski definition) is 0. The van der Waals surface area contributed by atoms with Crippen molar-refractivity contribution in [2.24, 2.45) is 0 Å². The van der Waals surface area contributed by atoms with E-state index in [1.807, 2.05) is 55.5 Å². The van der Waals surface area contributed by atoms with Gasteiger partial charge < -0.3 is 9.64 Å². The number of benzene rings is 2. The fraction of sp³-hybridized carbons (Fsp3) is 0.316. The summed E-state index contributed by atoms with van der Waals surface area (Å²) < 4.78 is 29.3. The Kier molecular flexibility index (Phi) is 5.08. The van der Waals surface area contributed by atoms with Gasteiger partial charge in [0.25, 0.3) is 5.91 Å². The van der Waals surface area contributed by atoms with Gasteiger partial charge in [0.15, 0.2) is 16.4 Å². The van der Waals surface area contributed by atoms with E-state index in [2.05, 4.69) is 0 Å². The number of carbonyl (C=O) groups is 1. The van der Waals surface area contributed by atoms with Crippen molar-refractivity contribution in [3.05, 3.63) is 60.2 Å². The minimum absolute atomic E-state index is 0.00191. The summed E-state index contributed by atoms with van der Waals surface area (Å²) in [5.41, 5.74) is 1.74. The molecule has 0 aromatic heterocycles. The zero-order valence-corrected chi connectivity index (χ0v) is 14.9. The average Bonchev–Trinajstić information content (AvgIpc) is 2.94. The standard InChI is InChI=1S/C19H21NO4S/c1-15-6-5-9-18(12-15)24-13-19(21)20(16-7-3-2-4-8-16)17-10-11-25(22,23)14-17/h2-9,12,17H,10-11,13-14H2,1H3/t17-/m1/s1. The Morgan fingerprint density at radius 2 is 1.92 bits per heavy atom. The van der Waals surface area contributed by atoms with E-state index in [9.17, 15) is 13.2 Å². The Morgan fingerprint density at radius 1 is 1.16 bits per heavy atom. The summed E-state index contributed by atoms with van der Waals surface area (Å²) in [6.07, 6.45) is 0.452. The lowest BCUT2D eigenvalue weighted by Gasteiger charge is -2.28. The molecule has 1 heterocycles. The van der Waals surface area contributed by atoms with Crippen molar-refractivity contribution in [1.82, 2.24) is 0 Å². The zero-order valence-electron chi connectivity index (χ0n) is 14.1. The van der Waals surface area contributed by atoms with Gasteiger partial charge in [0.2, 0.25) is 0 Å². The molecule has 5 nitrogen and oxygen atoms in total. The van der Waals surface area contributed by atoms with Crippen LogP contribution in [0.25, 0.3) is 0 Å². The number of aryl methyl sites for hydroxylation is 1. The first kappa shape index (κ1) is 17.5. The summed E-state index contributed by atoms with van der Waals surface area (Å²) >= 11 is 0. The number of para-hydroxylation sites is 1. The van der Waals surface area contributed by atoms with Gasteiger partial charge in [-0.15, -0.1) is 0 Å². The van der Waals surface area contributed by atoms with Gasteiger partial charge in [-0.2, -0.15) is 0 Å². The minimum atomic E-state index is -3.09. The number of rotatable bonds is 5. The molecule has 1 amide bonds. The summed E-state index contributed by atoms with van der Waals surface area (Å²) in [4.78, 5) is 14.4. The molecule has 132 valence electrons. The molecule has 0 aliphatic carbocycles. The molecule has 0 unspecified atom stereocenters. The molecule has 0 spiro atoms. The number of hydrogen-bond acceptors (Lipinski definition) is 4. The Hall–Kier alpha value is -2.34. The number of ether oxygens (including phenoxy) is 1. The highest BCUT2D eigenvalue weighted by atomic mass is 32.2. The van der Waals surface area contributed by atoms with Gasteiger partial charge >= 0.3 is 0 Å². The van der Waals surface area contributed by atoms with Crippen LogP contribution in [0.2, 0.25) is 0 Å². The third-order valence-corrected chi connectivity index (χ3v) is 5.98. The van der Waals surface area contributed by atoms with Gasteiger partial charge in [-0.3, -0.25) is 4.79 Å². The molecule has 0 N–H and O–H groups in total. The largest absolute Gasteiger partial charge is 0.484 e. The Labute approximate surface area is 148 Å². The van der Waals surface area contributed by atoms with E-state index < -0.39 is 9.84 Å². The second-order valence-electron chi connectivity index (χ2n) is 6.26. The van der Waals surface area contributed by atoms with E-state index in [0.717, 1.165) is 5.56 Å². The van der Waals surface area contributed by atoms with Crippen LogP contribution in [0, 0.1) is 6.92 Å². The van der Waals surface area contributed by atoms with Crippen LogP contribution in [-0.4, -0.2) is 38.5 Å². The van der Waals surface area contributed by atoms with Crippen molar-refractivity contribution >= 4 is 21.4 Å². The number of nitrogens with zero attached hydrogens (tertiary/aromatic N) is 1. The van der Waals surface area contributed by atoms with E-state index >= 15 is 0 Å². The molecule has 0 bridgehead atoms. The lowest BCUT2D eigenvalue weighted by Crippen LogP contribution is -2.43. The number of amides is 1. The molecule has 1 aliphatic rings. The predicted octanol–water partition coefficient (Wildman–Crippen LogP) is 2.59. The van der Waals surface area contributed by atoms with Crippen molar-refractivity contribution in [3.8, 4) is 5.75 Å². The van der Waals surface area contributed by atoms with Crippen molar-refractivity contribution in [2.75, 3.05) is 23.0 Å². The Morgan fingerprint density at radius 3 is 2.56 bits per heavy atom. The van der Waals surface area contributed by atoms with E-state index in [-0.39, 0.29) is 30.1 Å². The van der Waals surface area contributed by atoms with Crippen LogP contribution in [-0.2, 0) is 14.6 Å². The van der Waals surface area contributed by atoms with Gasteiger partial charge in [-0.1, -0.05) is 30.3 Å². The maximum atomic E-state index is 12.8. The average molecular weight is 359 g/mol. The molecule has 3 rings (SSSR count). The van der Waals surface area contributed by atoms with Crippen LogP contribution in [0.15, 0.2) is 54.6 Å². The first-order valence-electron chi connectivity index (χ1n) is 8.22. The van der Waals surface area contributed by atoms with Crippen LogP contribution in [0.3, 0.4) is 0 Å². The van der Waals surface area contributed by atoms with Gasteiger partial charge in [0, 0.05) is 5.69 Å². The topological polar surface area (TPSA) is 63.7 Å². The highest BCUT2D eigenvalue weighted by Gasteiger charge is 2.35. The molecule has 1 aliphatic heterocycles. The summed E-state index contributed by atoms with van der Waals surface area (Å²) in [5.74, 6) is 0.501. The van der Waals surface area contributed by atoms with Gasteiger partial charge in [0.05, 0.1) is 17.5 Å². The van der Waals surface area contributed by atoms with Crippen molar-refractivity contribution in [3.63, 3.8) is 0 Å². The van der Waals surface area contributed by atoms with Gasteiger partial charge in [-0.05, 0) is 43.2 Å². The second kappa shape index (κ2) is 7.27. The number of anilines is 1. The molecule has 0 radical (unpaired) electrons. The third-order valence-electron chi connectivity index (χ3n) is 4.23. The van der Waals surface area contributed by atoms with Crippen molar-refractivity contribution < 1.29 is 17.9 Å². The fourth-order valence-electron chi connectivity index (χ4n) is 3.05. The minimum Gasteiger partial charge on any atom is -0.484 e. The molecular formula is C19H21NO4S. The molecule has 25 heavy (non-hydrogen) atoms. The molecule has 1 saturated heterocycles. The van der Waals surface area contributed by atoms with E-state index in [1.54, 1.807) is 11.0 Å². The lowest BCUT2D eigenvalue weighted by molar-refractivity contribution is -0.121. The third kappa shape index (κ3) is 4.39. The highest BCUT2D eigenvalue weighted by Crippen LogP contribution is 2.25. The molecule has 2 aromatic carbocycles. The lowest BCUT2D eigenvalue weighted by atomic mass is 10.2. The quantitative estimate of drug-likeness (QED) is 0.823. The second-order valence-corrected chi connectivity index (χ2v) is 8.49. The summed E-state index contributed by atoms with van der Waals surface area (Å²) in [6.45, 7) is 1.82. The Balaban J connectivity index is 1.78. The monoisotopic (exact) mass is 359 g/mol. The molecule has 1 fully saturated rings. The SMILES string of the molecule is Cc1cccc(OCC(=O)N(c2ccccc2)[C@@H]2CCS(=O)(=O)C2)c1. The van der Waals surface area contributed by atoms with Crippen LogP contribution in [0.4, 0.5) is 5.69 Å². The highest BCUT2D eigenvalue weighted by molar-refractivity contribution is 7.91. The summed E-state index contributed by atoms with van der Waals surface area (Å²) in [5, 5.41) is 0. The predicted molar refractivity (Wildman–Crippen MR) is 97.7 cm³/mol. The Bertz CT molecular complexity index is 849. The summed E-state index contributed by atoms with van der Waals surface area (Å²) in [7, 11) is -3.09. The van der Waals surface area contributed by atoms with E-state index in [4.69, 9.17) is 4.74 Å². The maximum Gasteiger partial charge on any atom is 0.265 e. The van der Waals surface area contributed by atoms with Crippen molar-refractivity contribution in [1.29, 1.82) is 0 Å². The van der Waals surface area contributed by atoms with Crippen molar-refractivity contribution in [2.45, 2.75) is 19.4 Å². The fourth-order valence-corrected chi connectivity index (χ4v) is 4.75. The smallest absolute Gasteiger partial charge is 0.265 e.